The lowest BCUT2D eigenvalue weighted by Crippen LogP contribution is -2.45. The summed E-state index contributed by atoms with van der Waals surface area (Å²) in [5.41, 5.74) is 0.648. The molecule has 8 nitrogen and oxygen atoms in total. The first kappa shape index (κ1) is 20.7. The summed E-state index contributed by atoms with van der Waals surface area (Å²) in [5.74, 6) is -0.777. The molecule has 1 aliphatic rings. The molecule has 1 heterocycles. The van der Waals surface area contributed by atoms with Gasteiger partial charge in [-0.3, -0.25) is 19.7 Å². The molecule has 0 bridgehead atoms. The highest BCUT2D eigenvalue weighted by molar-refractivity contribution is 5.98. The van der Waals surface area contributed by atoms with Crippen molar-refractivity contribution in [3.05, 3.63) is 33.9 Å². The molecule has 1 aromatic rings. The zero-order valence-corrected chi connectivity index (χ0v) is 16.0. The van der Waals surface area contributed by atoms with E-state index in [1.165, 1.54) is 6.07 Å². The maximum Gasteiger partial charge on any atom is 0.293 e. The summed E-state index contributed by atoms with van der Waals surface area (Å²) < 4.78 is 0. The lowest BCUT2D eigenvalue weighted by atomic mass is 10.1. The summed E-state index contributed by atoms with van der Waals surface area (Å²) in [6.45, 7) is 5.62. The average Bonchev–Trinajstić information content (AvgIpc) is 2.94. The van der Waals surface area contributed by atoms with Crippen molar-refractivity contribution < 1.29 is 14.5 Å². The van der Waals surface area contributed by atoms with Gasteiger partial charge in [-0.15, -0.1) is 0 Å². The highest BCUT2D eigenvalue weighted by Crippen LogP contribution is 2.31. The Balaban J connectivity index is 2.15. The molecule has 1 atom stereocenters. The Morgan fingerprint density at radius 3 is 2.48 bits per heavy atom. The van der Waals surface area contributed by atoms with E-state index in [1.54, 1.807) is 19.1 Å². The van der Waals surface area contributed by atoms with Crippen LogP contribution in [0.3, 0.4) is 0 Å². The number of nitrogens with one attached hydrogen (secondary N) is 2. The number of hydrogen-bond acceptors (Lipinski definition) is 5. The number of nitro groups is 1. The van der Waals surface area contributed by atoms with Crippen LogP contribution in [-0.2, 0) is 4.79 Å². The monoisotopic (exact) mass is 376 g/mol. The molecule has 2 amide bonds. The Hall–Kier alpha value is -2.64. The van der Waals surface area contributed by atoms with Gasteiger partial charge in [0.15, 0.2) is 0 Å². The molecule has 8 heteroatoms. The highest BCUT2D eigenvalue weighted by Gasteiger charge is 2.24. The van der Waals surface area contributed by atoms with Gasteiger partial charge in [0, 0.05) is 31.3 Å². The van der Waals surface area contributed by atoms with Crippen LogP contribution >= 0.6 is 0 Å². The molecule has 0 unspecified atom stereocenters. The molecule has 0 aromatic heterocycles. The van der Waals surface area contributed by atoms with Crippen molar-refractivity contribution in [1.29, 1.82) is 0 Å². The third-order valence-corrected chi connectivity index (χ3v) is 4.67. The fraction of sp³-hybridized carbons (Fsp3) is 0.579. The minimum absolute atomic E-state index is 0.0763. The van der Waals surface area contributed by atoms with Crippen molar-refractivity contribution in [3.63, 3.8) is 0 Å². The van der Waals surface area contributed by atoms with Crippen LogP contribution in [0.2, 0.25) is 0 Å². The van der Waals surface area contributed by atoms with Crippen LogP contribution in [0, 0.1) is 10.1 Å². The molecular formula is C19H28N4O4. The van der Waals surface area contributed by atoms with Crippen LogP contribution < -0.4 is 15.5 Å². The van der Waals surface area contributed by atoms with Gasteiger partial charge in [-0.05, 0) is 38.3 Å². The molecule has 0 saturated carbocycles. The largest absolute Gasteiger partial charge is 0.366 e. The second kappa shape index (κ2) is 9.89. The minimum Gasteiger partial charge on any atom is -0.366 e. The van der Waals surface area contributed by atoms with Gasteiger partial charge in [-0.1, -0.05) is 19.8 Å². The fourth-order valence-corrected chi connectivity index (χ4v) is 3.14. The van der Waals surface area contributed by atoms with Gasteiger partial charge in [0.1, 0.15) is 11.7 Å². The summed E-state index contributed by atoms with van der Waals surface area (Å²) >= 11 is 0. The Labute approximate surface area is 159 Å². The van der Waals surface area contributed by atoms with Crippen LogP contribution in [0.1, 0.15) is 56.3 Å². The normalized spacial score (nSPS) is 15.6. The number of benzene rings is 1. The molecule has 1 aromatic carbocycles. The first-order valence-electron chi connectivity index (χ1n) is 9.56. The van der Waals surface area contributed by atoms with E-state index in [0.29, 0.717) is 12.2 Å². The second-order valence-corrected chi connectivity index (χ2v) is 6.85. The van der Waals surface area contributed by atoms with Gasteiger partial charge in [0.25, 0.3) is 11.6 Å². The van der Waals surface area contributed by atoms with Gasteiger partial charge in [0.2, 0.25) is 5.91 Å². The molecule has 1 fully saturated rings. The summed E-state index contributed by atoms with van der Waals surface area (Å²) in [4.78, 5) is 37.4. The minimum atomic E-state index is -0.714. The Morgan fingerprint density at radius 1 is 1.22 bits per heavy atom. The molecular weight excluding hydrogens is 348 g/mol. The maximum absolute atomic E-state index is 12.4. The molecule has 0 aliphatic carbocycles. The Morgan fingerprint density at radius 2 is 1.89 bits per heavy atom. The van der Waals surface area contributed by atoms with Crippen LogP contribution in [0.4, 0.5) is 11.4 Å². The van der Waals surface area contributed by atoms with E-state index in [1.807, 2.05) is 11.8 Å². The first-order valence-corrected chi connectivity index (χ1v) is 9.56. The fourth-order valence-electron chi connectivity index (χ4n) is 3.14. The van der Waals surface area contributed by atoms with Crippen molar-refractivity contribution in [3.8, 4) is 0 Å². The SMILES string of the molecule is CCCNC(=O)[C@H](C)NC(=O)c1ccc(N2CCCCCC2)c([N+](=O)[O-])c1. The smallest absolute Gasteiger partial charge is 0.293 e. The van der Waals surface area contributed by atoms with Crippen molar-refractivity contribution in [2.24, 2.45) is 0 Å². The molecule has 1 saturated heterocycles. The van der Waals surface area contributed by atoms with E-state index in [0.717, 1.165) is 45.2 Å². The molecule has 0 radical (unpaired) electrons. The lowest BCUT2D eigenvalue weighted by Gasteiger charge is -2.22. The molecule has 1 aliphatic heterocycles. The maximum atomic E-state index is 12.4. The Bertz CT molecular complexity index is 684. The standard InChI is InChI=1S/C19H28N4O4/c1-3-10-20-18(24)14(2)21-19(25)15-8-9-16(17(13-15)23(26)27)22-11-6-4-5-7-12-22/h8-9,13-14H,3-7,10-12H2,1-2H3,(H,20,24)(H,21,25)/t14-/m0/s1. The zero-order chi connectivity index (χ0) is 19.8. The summed E-state index contributed by atoms with van der Waals surface area (Å²) in [7, 11) is 0. The van der Waals surface area contributed by atoms with Crippen molar-refractivity contribution in [1.82, 2.24) is 10.6 Å². The van der Waals surface area contributed by atoms with E-state index in [2.05, 4.69) is 10.6 Å². The number of rotatable bonds is 7. The molecule has 2 N–H and O–H groups in total. The number of amides is 2. The van der Waals surface area contributed by atoms with E-state index in [-0.39, 0.29) is 17.2 Å². The average molecular weight is 376 g/mol. The van der Waals surface area contributed by atoms with E-state index < -0.39 is 16.9 Å². The van der Waals surface area contributed by atoms with Crippen LogP contribution in [0.25, 0.3) is 0 Å². The van der Waals surface area contributed by atoms with E-state index in [4.69, 9.17) is 0 Å². The summed E-state index contributed by atoms with van der Waals surface area (Å²) in [6, 6.07) is 3.81. The summed E-state index contributed by atoms with van der Waals surface area (Å²) in [5, 5.41) is 16.9. The summed E-state index contributed by atoms with van der Waals surface area (Å²) in [6.07, 6.45) is 5.07. The molecule has 2 rings (SSSR count). The van der Waals surface area contributed by atoms with E-state index in [9.17, 15) is 19.7 Å². The van der Waals surface area contributed by atoms with Crippen molar-refractivity contribution in [2.75, 3.05) is 24.5 Å². The quantitative estimate of drug-likeness (QED) is 0.562. The molecule has 0 spiro atoms. The predicted octanol–water partition coefficient (Wildman–Crippen LogP) is 2.62. The van der Waals surface area contributed by atoms with Crippen molar-refractivity contribution in [2.45, 2.75) is 52.0 Å². The zero-order valence-electron chi connectivity index (χ0n) is 16.0. The number of nitrogens with zero attached hydrogens (tertiary/aromatic N) is 2. The van der Waals surface area contributed by atoms with Crippen LogP contribution in [-0.4, -0.2) is 42.4 Å². The second-order valence-electron chi connectivity index (χ2n) is 6.85. The molecule has 27 heavy (non-hydrogen) atoms. The Kier molecular flexibility index (Phi) is 7.57. The number of nitro benzene ring substituents is 1. The number of carbonyl (C=O) groups is 2. The molecule has 148 valence electrons. The first-order chi connectivity index (χ1) is 12.9. The van der Waals surface area contributed by atoms with Crippen LogP contribution in [0.5, 0.6) is 0 Å². The number of carbonyl (C=O) groups excluding carboxylic acids is 2. The lowest BCUT2D eigenvalue weighted by molar-refractivity contribution is -0.384. The van der Waals surface area contributed by atoms with E-state index >= 15 is 0 Å². The van der Waals surface area contributed by atoms with Gasteiger partial charge < -0.3 is 15.5 Å². The van der Waals surface area contributed by atoms with Gasteiger partial charge in [0.05, 0.1) is 4.92 Å². The topological polar surface area (TPSA) is 105 Å². The van der Waals surface area contributed by atoms with Gasteiger partial charge in [-0.2, -0.15) is 0 Å². The van der Waals surface area contributed by atoms with Crippen LogP contribution in [0.15, 0.2) is 18.2 Å². The van der Waals surface area contributed by atoms with Gasteiger partial charge >= 0.3 is 0 Å². The number of anilines is 1. The third-order valence-electron chi connectivity index (χ3n) is 4.67. The van der Waals surface area contributed by atoms with Gasteiger partial charge in [-0.25, -0.2) is 0 Å². The number of hydrogen-bond donors (Lipinski definition) is 2. The third kappa shape index (κ3) is 5.67. The highest BCUT2D eigenvalue weighted by atomic mass is 16.6. The predicted molar refractivity (Wildman–Crippen MR) is 104 cm³/mol. The van der Waals surface area contributed by atoms with Crippen molar-refractivity contribution >= 4 is 23.2 Å².